The summed E-state index contributed by atoms with van der Waals surface area (Å²) in [6.07, 6.45) is 2.30. The molecule has 58 heavy (non-hydrogen) atoms. The fourth-order valence-electron chi connectivity index (χ4n) is 9.32. The van der Waals surface area contributed by atoms with Crippen LogP contribution in [-0.2, 0) is 10.8 Å². The maximum Gasteiger partial charge on any atom is 0.0507 e. The first-order valence-corrected chi connectivity index (χ1v) is 20.4. The van der Waals surface area contributed by atoms with Gasteiger partial charge in [-0.1, -0.05) is 173 Å². The zero-order chi connectivity index (χ0) is 39.4. The van der Waals surface area contributed by atoms with Crippen molar-refractivity contribution < 1.29 is 0 Å². The van der Waals surface area contributed by atoms with Gasteiger partial charge in [-0.3, -0.25) is 0 Å². The van der Waals surface area contributed by atoms with Crippen LogP contribution in [0.1, 0.15) is 66.6 Å². The molecule has 2 heterocycles. The molecule has 280 valence electrons. The van der Waals surface area contributed by atoms with E-state index in [1.54, 1.807) is 0 Å². The second-order valence-corrected chi connectivity index (χ2v) is 16.6. The summed E-state index contributed by atoms with van der Waals surface area (Å²) in [6.45, 7) is 9.57. The summed E-state index contributed by atoms with van der Waals surface area (Å²) in [5.74, 6) is 0. The predicted molar refractivity (Wildman–Crippen MR) is 245 cm³/mol. The first-order chi connectivity index (χ1) is 28.3. The summed E-state index contributed by atoms with van der Waals surface area (Å²) < 4.78 is 0. The lowest BCUT2D eigenvalue weighted by atomic mass is 9.68. The summed E-state index contributed by atoms with van der Waals surface area (Å²) in [4.78, 5) is 4.97. The van der Waals surface area contributed by atoms with Gasteiger partial charge in [0.2, 0.25) is 0 Å². The van der Waals surface area contributed by atoms with Crippen molar-refractivity contribution in [1.82, 2.24) is 0 Å². The maximum absolute atomic E-state index is 2.50. The molecule has 2 aliphatic rings. The summed E-state index contributed by atoms with van der Waals surface area (Å²) in [5, 5.41) is 0. The molecule has 0 N–H and O–H groups in total. The van der Waals surface area contributed by atoms with Crippen LogP contribution in [0, 0.1) is 0 Å². The Kier molecular flexibility index (Phi) is 8.53. The van der Waals surface area contributed by atoms with Gasteiger partial charge >= 0.3 is 0 Å². The Hall–Kier alpha value is -6.90. The molecule has 0 atom stereocenters. The normalized spacial score (nSPS) is 14.4. The Morgan fingerprint density at radius 3 is 1.31 bits per heavy atom. The molecule has 2 nitrogen and oxygen atoms in total. The van der Waals surface area contributed by atoms with Gasteiger partial charge in [0.25, 0.3) is 0 Å². The number of anilines is 6. The highest BCUT2D eigenvalue weighted by atomic mass is 15.2. The van der Waals surface area contributed by atoms with Gasteiger partial charge in [0.15, 0.2) is 0 Å². The Bertz CT molecular complexity index is 2760. The third kappa shape index (κ3) is 5.87. The minimum atomic E-state index is -0.298. The Morgan fingerprint density at radius 1 is 0.362 bits per heavy atom. The molecule has 0 unspecified atom stereocenters. The topological polar surface area (TPSA) is 6.48 Å². The van der Waals surface area contributed by atoms with Crippen LogP contribution in [0.15, 0.2) is 200 Å². The molecule has 0 spiro atoms. The Labute approximate surface area is 343 Å². The van der Waals surface area contributed by atoms with E-state index in [2.05, 4.69) is 244 Å². The summed E-state index contributed by atoms with van der Waals surface area (Å²) in [5.41, 5.74) is 19.2. The molecule has 8 aromatic rings. The second kappa shape index (κ2) is 13.9. The lowest BCUT2D eigenvalue weighted by Gasteiger charge is -2.47. The third-order valence-electron chi connectivity index (χ3n) is 12.4. The molecule has 0 aromatic heterocycles. The van der Waals surface area contributed by atoms with Gasteiger partial charge in [0.1, 0.15) is 0 Å². The van der Waals surface area contributed by atoms with E-state index in [1.165, 1.54) is 84.1 Å². The van der Waals surface area contributed by atoms with Gasteiger partial charge in [-0.15, -0.1) is 0 Å². The van der Waals surface area contributed by atoms with Crippen molar-refractivity contribution in [3.63, 3.8) is 0 Å². The van der Waals surface area contributed by atoms with Crippen LogP contribution in [0.3, 0.4) is 0 Å². The molecular weight excluding hydrogens is 701 g/mol. The fraction of sp³-hybridized carbons (Fsp3) is 0.107. The van der Waals surface area contributed by atoms with Crippen LogP contribution < -0.4 is 9.80 Å². The number of hydrogen-bond acceptors (Lipinski definition) is 2. The van der Waals surface area contributed by atoms with Gasteiger partial charge in [-0.25, -0.2) is 0 Å². The summed E-state index contributed by atoms with van der Waals surface area (Å²) in [6, 6.07) is 73.1. The van der Waals surface area contributed by atoms with Gasteiger partial charge in [0, 0.05) is 22.2 Å². The fourth-order valence-corrected chi connectivity index (χ4v) is 9.32. The average Bonchev–Trinajstić information content (AvgIpc) is 3.27. The highest BCUT2D eigenvalue weighted by Crippen LogP contribution is 2.59. The highest BCUT2D eigenvalue weighted by Gasteiger charge is 2.43. The van der Waals surface area contributed by atoms with Crippen molar-refractivity contribution in [2.24, 2.45) is 0 Å². The monoisotopic (exact) mass is 746 g/mol. The largest absolute Gasteiger partial charge is 0.310 e. The van der Waals surface area contributed by atoms with E-state index in [0.717, 1.165) is 5.69 Å². The molecule has 0 bridgehead atoms. The molecule has 0 saturated carbocycles. The summed E-state index contributed by atoms with van der Waals surface area (Å²) in [7, 11) is 0. The highest BCUT2D eigenvalue weighted by molar-refractivity contribution is 5.94. The molecule has 0 aliphatic carbocycles. The van der Waals surface area contributed by atoms with E-state index in [-0.39, 0.29) is 10.8 Å². The van der Waals surface area contributed by atoms with E-state index < -0.39 is 0 Å². The van der Waals surface area contributed by atoms with E-state index in [0.29, 0.717) is 0 Å². The van der Waals surface area contributed by atoms with Crippen LogP contribution >= 0.6 is 0 Å². The molecule has 8 aromatic carbocycles. The van der Waals surface area contributed by atoms with Crippen molar-refractivity contribution in [2.75, 3.05) is 9.80 Å². The SMILES string of the molecule is CC1(C)c2ccccc2N(c2ccccc2)c2cc3c(cc21)N(c1ccccc1)c1ccc(-c2ccc(C=C(c4ccccc4)c4ccccc4)cc2)cc1C3(C)C. The van der Waals surface area contributed by atoms with Crippen LogP contribution in [0.5, 0.6) is 0 Å². The van der Waals surface area contributed by atoms with Crippen LogP contribution in [-0.4, -0.2) is 0 Å². The van der Waals surface area contributed by atoms with Crippen molar-refractivity contribution >= 4 is 45.8 Å². The van der Waals surface area contributed by atoms with Crippen LogP contribution in [0.4, 0.5) is 34.1 Å². The quantitative estimate of drug-likeness (QED) is 0.156. The number of nitrogens with zero attached hydrogens (tertiary/aromatic N) is 2. The van der Waals surface area contributed by atoms with Crippen molar-refractivity contribution in [3.8, 4) is 11.1 Å². The van der Waals surface area contributed by atoms with Gasteiger partial charge in [-0.05, 0) is 116 Å². The van der Waals surface area contributed by atoms with E-state index in [4.69, 9.17) is 0 Å². The first-order valence-electron chi connectivity index (χ1n) is 20.4. The standard InChI is InChI=1S/C56H46N2/c1-55(2)47-27-17-18-28-51(47)57(44-23-13-7-14-24-44)53-38-50-54(37-49(53)55)58(45-25-15-8-16-26-45)52-34-33-43(36-48(52)56(50,3)4)40-31-29-39(30-32-40)35-46(41-19-9-5-10-20-41)42-21-11-6-12-22-42/h5-38H,1-4H3. The van der Waals surface area contributed by atoms with Crippen molar-refractivity contribution in [3.05, 3.63) is 239 Å². The number of para-hydroxylation sites is 3. The number of benzene rings is 8. The number of hydrogen-bond donors (Lipinski definition) is 0. The minimum absolute atomic E-state index is 0.215. The van der Waals surface area contributed by atoms with Crippen LogP contribution in [0.25, 0.3) is 22.8 Å². The van der Waals surface area contributed by atoms with E-state index in [1.807, 2.05) is 0 Å². The van der Waals surface area contributed by atoms with E-state index >= 15 is 0 Å². The molecule has 0 saturated heterocycles. The maximum atomic E-state index is 2.50. The van der Waals surface area contributed by atoms with Gasteiger partial charge in [-0.2, -0.15) is 0 Å². The van der Waals surface area contributed by atoms with Gasteiger partial charge < -0.3 is 9.80 Å². The zero-order valence-electron chi connectivity index (χ0n) is 33.5. The Balaban J connectivity index is 1.11. The van der Waals surface area contributed by atoms with Crippen molar-refractivity contribution in [1.29, 1.82) is 0 Å². The molecule has 0 fully saturated rings. The lowest BCUT2D eigenvalue weighted by Crippen LogP contribution is -2.35. The van der Waals surface area contributed by atoms with Crippen LogP contribution in [0.2, 0.25) is 0 Å². The molecule has 2 heteroatoms. The smallest absolute Gasteiger partial charge is 0.0507 e. The average molecular weight is 747 g/mol. The molecule has 10 rings (SSSR count). The molecule has 0 radical (unpaired) electrons. The predicted octanol–water partition coefficient (Wildman–Crippen LogP) is 15.2. The Morgan fingerprint density at radius 2 is 0.776 bits per heavy atom. The van der Waals surface area contributed by atoms with Gasteiger partial charge in [0.05, 0.1) is 22.7 Å². The third-order valence-corrected chi connectivity index (χ3v) is 12.4. The second-order valence-electron chi connectivity index (χ2n) is 16.6. The number of rotatable bonds is 6. The van der Waals surface area contributed by atoms with Crippen molar-refractivity contribution in [2.45, 2.75) is 38.5 Å². The molecule has 2 aliphatic heterocycles. The van der Waals surface area contributed by atoms with E-state index in [9.17, 15) is 0 Å². The molecule has 0 amide bonds. The minimum Gasteiger partial charge on any atom is -0.310 e. The number of fused-ring (bicyclic) bond motifs is 4. The lowest BCUT2D eigenvalue weighted by molar-refractivity contribution is 0.615. The molecular formula is C56H46N2. The first kappa shape index (κ1) is 35.5. The zero-order valence-corrected chi connectivity index (χ0v) is 33.5. The summed E-state index contributed by atoms with van der Waals surface area (Å²) >= 11 is 0.